The van der Waals surface area contributed by atoms with Crippen molar-refractivity contribution in [3.05, 3.63) is 40.1 Å². The number of nitrogens with one attached hydrogen (secondary N) is 1. The molecule has 114 valence electrons. The van der Waals surface area contributed by atoms with Crippen LogP contribution < -0.4 is 11.2 Å². The summed E-state index contributed by atoms with van der Waals surface area (Å²) >= 11 is 2.36. The molecule has 1 aromatic carbocycles. The molecule has 0 aliphatic heterocycles. The van der Waals surface area contributed by atoms with Gasteiger partial charge in [0.05, 0.1) is 11.8 Å². The van der Waals surface area contributed by atoms with E-state index in [4.69, 9.17) is 5.73 Å². The van der Waals surface area contributed by atoms with Crippen LogP contribution in [0.2, 0.25) is 0 Å². The molecule has 0 bridgehead atoms. The van der Waals surface area contributed by atoms with Gasteiger partial charge in [-0.1, -0.05) is 6.07 Å². The molecule has 0 saturated heterocycles. The lowest BCUT2D eigenvalue weighted by atomic mass is 10.1. The van der Waals surface area contributed by atoms with Crippen molar-refractivity contribution in [3.8, 4) is 0 Å². The van der Waals surface area contributed by atoms with Crippen molar-refractivity contribution < 1.29 is 13.2 Å². The average molecular weight is 342 g/mol. The second-order valence-electron chi connectivity index (χ2n) is 4.35. The van der Waals surface area contributed by atoms with Crippen molar-refractivity contribution in [2.45, 2.75) is 6.18 Å². The molecule has 0 atom stereocenters. The second kappa shape index (κ2) is 5.58. The van der Waals surface area contributed by atoms with Crippen LogP contribution in [-0.4, -0.2) is 11.2 Å². The van der Waals surface area contributed by atoms with Crippen molar-refractivity contribution in [2.75, 3.05) is 11.2 Å². The predicted molar refractivity (Wildman–Crippen MR) is 84.6 cm³/mol. The highest BCUT2D eigenvalue weighted by Gasteiger charge is 2.33. The summed E-state index contributed by atoms with van der Waals surface area (Å²) in [5, 5.41) is 7.43. The first-order valence-electron chi connectivity index (χ1n) is 6.02. The van der Waals surface area contributed by atoms with Gasteiger partial charge in [-0.3, -0.25) is 5.43 Å². The van der Waals surface area contributed by atoms with E-state index in [1.165, 1.54) is 23.6 Å². The molecule has 0 amide bonds. The minimum Gasteiger partial charge on any atom is -0.383 e. The number of nitrogens with two attached hydrogens (primary N) is 1. The van der Waals surface area contributed by atoms with E-state index in [1.807, 2.05) is 0 Å². The van der Waals surface area contributed by atoms with Crippen LogP contribution in [0.25, 0.3) is 10.1 Å². The zero-order chi connectivity index (χ0) is 15.7. The summed E-state index contributed by atoms with van der Waals surface area (Å²) in [5.41, 5.74) is 8.09. The Morgan fingerprint density at radius 3 is 2.73 bits per heavy atom. The van der Waals surface area contributed by atoms with Gasteiger partial charge in [-0.15, -0.1) is 22.7 Å². The normalized spacial score (nSPS) is 12.3. The molecule has 2 aromatic heterocycles. The van der Waals surface area contributed by atoms with E-state index in [0.29, 0.717) is 21.2 Å². The van der Waals surface area contributed by atoms with E-state index >= 15 is 0 Å². The highest BCUT2D eigenvalue weighted by Crippen LogP contribution is 2.38. The summed E-state index contributed by atoms with van der Waals surface area (Å²) in [6, 6.07) is 4.83. The van der Waals surface area contributed by atoms with Crippen LogP contribution in [0, 0.1) is 0 Å². The summed E-state index contributed by atoms with van der Waals surface area (Å²) in [5.74, 6) is 0.386. The zero-order valence-electron chi connectivity index (χ0n) is 10.9. The zero-order valence-corrected chi connectivity index (χ0v) is 12.5. The molecule has 3 rings (SSSR count). The van der Waals surface area contributed by atoms with Crippen molar-refractivity contribution in [1.82, 2.24) is 4.98 Å². The molecule has 0 saturated carbocycles. The minimum atomic E-state index is -4.36. The number of anilines is 2. The maximum Gasteiger partial charge on any atom is 0.417 e. The van der Waals surface area contributed by atoms with Crippen molar-refractivity contribution in [1.29, 1.82) is 0 Å². The fraction of sp³-hybridized carbons (Fsp3) is 0.0769. The molecule has 0 aliphatic carbocycles. The van der Waals surface area contributed by atoms with Gasteiger partial charge in [0.15, 0.2) is 0 Å². The highest BCUT2D eigenvalue weighted by molar-refractivity contribution is 7.17. The SMILES string of the molecule is Nc1csc(NN=Cc2ccc3scc(C(F)(F)F)c3c2)n1. The number of nitrogen functional groups attached to an aromatic ring is 1. The summed E-state index contributed by atoms with van der Waals surface area (Å²) in [6.45, 7) is 0. The van der Waals surface area contributed by atoms with E-state index in [1.54, 1.807) is 17.5 Å². The van der Waals surface area contributed by atoms with E-state index in [9.17, 15) is 13.2 Å². The highest BCUT2D eigenvalue weighted by atomic mass is 32.1. The molecule has 0 spiro atoms. The average Bonchev–Trinajstić information content (AvgIpc) is 3.04. The molecule has 9 heteroatoms. The Morgan fingerprint density at radius 1 is 1.23 bits per heavy atom. The number of thiophene rings is 1. The van der Waals surface area contributed by atoms with Crippen molar-refractivity contribution in [2.24, 2.45) is 5.10 Å². The van der Waals surface area contributed by atoms with Crippen molar-refractivity contribution in [3.63, 3.8) is 0 Å². The first kappa shape index (κ1) is 14.8. The van der Waals surface area contributed by atoms with Gasteiger partial charge in [0.1, 0.15) is 5.82 Å². The van der Waals surface area contributed by atoms with Crippen LogP contribution in [0.4, 0.5) is 24.1 Å². The molecular formula is C13H9F3N4S2. The van der Waals surface area contributed by atoms with Crippen LogP contribution in [-0.2, 0) is 6.18 Å². The third-order valence-corrected chi connectivity index (χ3v) is 4.53. The molecule has 22 heavy (non-hydrogen) atoms. The Balaban J connectivity index is 1.85. The standard InChI is InChI=1S/C13H9F3N4S2/c14-13(15,16)9-5-21-10-2-1-7(3-8(9)10)4-18-20-12-19-11(17)6-22-12/h1-6H,17H2,(H,19,20). The Kier molecular flexibility index (Phi) is 3.75. The van der Waals surface area contributed by atoms with Gasteiger partial charge >= 0.3 is 6.18 Å². The molecule has 0 unspecified atom stereocenters. The maximum absolute atomic E-state index is 12.9. The van der Waals surface area contributed by atoms with Gasteiger partial charge in [0, 0.05) is 20.8 Å². The van der Waals surface area contributed by atoms with Gasteiger partial charge in [0.2, 0.25) is 5.13 Å². The molecule has 4 nitrogen and oxygen atoms in total. The Morgan fingerprint density at radius 2 is 2.05 bits per heavy atom. The first-order valence-corrected chi connectivity index (χ1v) is 7.78. The lowest BCUT2D eigenvalue weighted by Gasteiger charge is -2.04. The third kappa shape index (κ3) is 3.04. The number of rotatable bonds is 3. The summed E-state index contributed by atoms with van der Waals surface area (Å²) < 4.78 is 39.3. The fourth-order valence-electron chi connectivity index (χ4n) is 1.85. The molecule has 0 aliphatic rings. The van der Waals surface area contributed by atoms with Crippen LogP contribution in [0.1, 0.15) is 11.1 Å². The second-order valence-corrected chi connectivity index (χ2v) is 6.12. The van der Waals surface area contributed by atoms with Gasteiger partial charge in [-0.25, -0.2) is 4.98 Å². The lowest BCUT2D eigenvalue weighted by Crippen LogP contribution is -2.03. The van der Waals surface area contributed by atoms with Crippen LogP contribution in [0.5, 0.6) is 0 Å². The first-order chi connectivity index (χ1) is 10.4. The molecule has 3 N–H and O–H groups in total. The number of thiazole rings is 1. The number of benzene rings is 1. The largest absolute Gasteiger partial charge is 0.417 e. The number of alkyl halides is 3. The number of aromatic nitrogens is 1. The van der Waals surface area contributed by atoms with Gasteiger partial charge < -0.3 is 5.73 Å². The third-order valence-electron chi connectivity index (χ3n) is 2.80. The molecule has 0 radical (unpaired) electrons. The summed E-state index contributed by atoms with van der Waals surface area (Å²) in [4.78, 5) is 3.95. The predicted octanol–water partition coefficient (Wildman–Crippen LogP) is 4.40. The number of nitrogens with zero attached hydrogens (tertiary/aromatic N) is 2. The monoisotopic (exact) mass is 342 g/mol. The van der Waals surface area contributed by atoms with Gasteiger partial charge in [-0.05, 0) is 17.7 Å². The van der Waals surface area contributed by atoms with E-state index in [0.717, 1.165) is 16.7 Å². The van der Waals surface area contributed by atoms with E-state index < -0.39 is 11.7 Å². The van der Waals surface area contributed by atoms with Crippen LogP contribution >= 0.6 is 22.7 Å². The number of fused-ring (bicyclic) bond motifs is 1. The molecular weight excluding hydrogens is 333 g/mol. The Bertz CT molecular complexity index is 835. The number of hydrogen-bond donors (Lipinski definition) is 2. The lowest BCUT2D eigenvalue weighted by molar-refractivity contribution is -0.136. The topological polar surface area (TPSA) is 63.3 Å². The smallest absolute Gasteiger partial charge is 0.383 e. The minimum absolute atomic E-state index is 0.181. The number of halogens is 3. The quantitative estimate of drug-likeness (QED) is 0.547. The maximum atomic E-state index is 12.9. The van der Waals surface area contributed by atoms with Crippen molar-refractivity contribution >= 4 is 49.9 Å². The summed E-state index contributed by atoms with van der Waals surface area (Å²) in [7, 11) is 0. The molecule has 0 fully saturated rings. The number of hydrogen-bond acceptors (Lipinski definition) is 6. The number of hydrazone groups is 1. The Labute approximate surface area is 131 Å². The van der Waals surface area contributed by atoms with E-state index in [-0.39, 0.29) is 5.39 Å². The molecule has 2 heterocycles. The van der Waals surface area contributed by atoms with Gasteiger partial charge in [0.25, 0.3) is 0 Å². The fourth-order valence-corrected chi connectivity index (χ4v) is 3.34. The van der Waals surface area contributed by atoms with Crippen LogP contribution in [0.3, 0.4) is 0 Å². The summed E-state index contributed by atoms with van der Waals surface area (Å²) in [6.07, 6.45) is -2.92. The molecule has 3 aromatic rings. The Hall–Kier alpha value is -2.13. The van der Waals surface area contributed by atoms with E-state index in [2.05, 4.69) is 15.5 Å². The van der Waals surface area contributed by atoms with Crippen LogP contribution in [0.15, 0.2) is 34.1 Å². The van der Waals surface area contributed by atoms with Gasteiger partial charge in [-0.2, -0.15) is 18.3 Å².